The molecular formula is C11H19FN2O2. The maximum absolute atomic E-state index is 10.9. The number of anilines is 1. The highest BCUT2D eigenvalue weighted by Crippen LogP contribution is 1.94. The van der Waals surface area contributed by atoms with Crippen molar-refractivity contribution in [2.45, 2.75) is 13.8 Å². The molecule has 0 spiro atoms. The predicted octanol–water partition coefficient (Wildman–Crippen LogP) is 0.622. The number of hydrogen-bond acceptors (Lipinski definition) is 4. The average Bonchev–Trinajstić information content (AvgIpc) is 2.35. The average molecular weight is 230 g/mol. The molecule has 92 valence electrons. The van der Waals surface area contributed by atoms with Gasteiger partial charge in [-0.3, -0.25) is 14.0 Å². The first kappa shape index (κ1) is 14.8. The second-order valence-electron chi connectivity index (χ2n) is 3.21. The Morgan fingerprint density at radius 3 is 2.19 bits per heavy atom. The van der Waals surface area contributed by atoms with E-state index in [-0.39, 0.29) is 5.43 Å². The zero-order valence-electron chi connectivity index (χ0n) is 10.0. The van der Waals surface area contributed by atoms with Crippen molar-refractivity contribution in [1.82, 2.24) is 4.90 Å². The molecule has 4 nitrogen and oxygen atoms in total. The minimum Gasteiger partial charge on any atom is -0.380 e. The van der Waals surface area contributed by atoms with Crippen LogP contribution in [0, 0.1) is 0 Å². The fourth-order valence-corrected chi connectivity index (χ4v) is 1.34. The normalized spacial score (nSPS) is 10.1. The highest BCUT2D eigenvalue weighted by molar-refractivity contribution is 5.47. The lowest BCUT2D eigenvalue weighted by molar-refractivity contribution is 0.316. The molecule has 1 rings (SSSR count). The molecule has 0 aromatic heterocycles. The number of likely N-dealkylation sites (N-methyl/N-ethyl adjacent to an activating group) is 1. The second kappa shape index (κ2) is 7.98. The van der Waals surface area contributed by atoms with E-state index >= 15 is 0 Å². The van der Waals surface area contributed by atoms with Crippen LogP contribution in [0.2, 0.25) is 0 Å². The van der Waals surface area contributed by atoms with Crippen LogP contribution in [-0.4, -0.2) is 38.3 Å². The van der Waals surface area contributed by atoms with E-state index in [2.05, 4.69) is 24.1 Å². The van der Waals surface area contributed by atoms with Crippen molar-refractivity contribution in [3.63, 3.8) is 0 Å². The first-order chi connectivity index (χ1) is 7.69. The van der Waals surface area contributed by atoms with Gasteiger partial charge in [-0.05, 0) is 13.1 Å². The highest BCUT2D eigenvalue weighted by atomic mass is 19.1. The summed E-state index contributed by atoms with van der Waals surface area (Å²) in [7, 11) is 0.500. The van der Waals surface area contributed by atoms with E-state index in [0.717, 1.165) is 19.6 Å². The van der Waals surface area contributed by atoms with Crippen molar-refractivity contribution in [3.8, 4) is 0 Å². The number of alkyl halides is 1. The summed E-state index contributed by atoms with van der Waals surface area (Å²) in [5, 5.41) is 2.95. The second-order valence-corrected chi connectivity index (χ2v) is 3.21. The molecule has 0 saturated carbocycles. The van der Waals surface area contributed by atoms with Crippen molar-refractivity contribution >= 4 is 5.69 Å². The fourth-order valence-electron chi connectivity index (χ4n) is 1.34. The summed E-state index contributed by atoms with van der Waals surface area (Å²) in [6.07, 6.45) is 0. The molecular weight excluding hydrogens is 211 g/mol. The van der Waals surface area contributed by atoms with Gasteiger partial charge in [0.15, 0.2) is 0 Å². The Kier molecular flexibility index (Phi) is 7.37. The van der Waals surface area contributed by atoms with Crippen LogP contribution in [0.3, 0.4) is 0 Å². The summed E-state index contributed by atoms with van der Waals surface area (Å²) in [6, 6.07) is 1.35. The fraction of sp³-hybridized carbons (Fsp3) is 0.636. The third-order valence-electron chi connectivity index (χ3n) is 2.38. The molecule has 16 heavy (non-hydrogen) atoms. The summed E-state index contributed by atoms with van der Waals surface area (Å²) < 4.78 is 9.50. The summed E-state index contributed by atoms with van der Waals surface area (Å²) >= 11 is 0. The largest absolute Gasteiger partial charge is 0.380 e. The topological polar surface area (TPSA) is 49.4 Å². The van der Waals surface area contributed by atoms with E-state index in [1.54, 1.807) is 0 Å². The molecule has 0 aliphatic rings. The maximum atomic E-state index is 10.9. The van der Waals surface area contributed by atoms with Gasteiger partial charge in [0.2, 0.25) is 10.9 Å². The van der Waals surface area contributed by atoms with E-state index in [0.29, 0.717) is 19.4 Å². The van der Waals surface area contributed by atoms with Gasteiger partial charge in [-0.25, -0.2) is 0 Å². The van der Waals surface area contributed by atoms with Crippen LogP contribution in [0.5, 0.6) is 0 Å². The zero-order valence-corrected chi connectivity index (χ0v) is 10.0. The van der Waals surface area contributed by atoms with Gasteiger partial charge in [-0.15, -0.1) is 0 Å². The van der Waals surface area contributed by atoms with Crippen LogP contribution in [0.4, 0.5) is 10.1 Å². The van der Waals surface area contributed by atoms with E-state index in [1.807, 2.05) is 0 Å². The molecule has 0 radical (unpaired) electrons. The van der Waals surface area contributed by atoms with Gasteiger partial charge in [0, 0.05) is 19.2 Å². The zero-order chi connectivity index (χ0) is 12.6. The van der Waals surface area contributed by atoms with Crippen molar-refractivity contribution in [1.29, 1.82) is 0 Å². The number of rotatable bonds is 6. The lowest BCUT2D eigenvalue weighted by Crippen LogP contribution is -2.35. The highest BCUT2D eigenvalue weighted by Gasteiger charge is 2.08. The Bertz CT molecular complexity index is 354. The standard InChI is InChI=1S/C10H16N2O2.CH3F/c1-3-12(4-2)6-5-11-8-7-9(13)10(8)14;1-2/h7,11H,3-6H2,1-2H3;1H3. The smallest absolute Gasteiger partial charge is 0.248 e. The molecule has 1 aromatic rings. The summed E-state index contributed by atoms with van der Waals surface area (Å²) in [6.45, 7) is 7.81. The monoisotopic (exact) mass is 230 g/mol. The van der Waals surface area contributed by atoms with Crippen LogP contribution in [-0.2, 0) is 0 Å². The van der Waals surface area contributed by atoms with Crippen molar-refractivity contribution in [3.05, 3.63) is 26.5 Å². The summed E-state index contributed by atoms with van der Waals surface area (Å²) in [5.41, 5.74) is -0.318. The van der Waals surface area contributed by atoms with Gasteiger partial charge >= 0.3 is 0 Å². The molecule has 0 bridgehead atoms. The number of halogens is 1. The van der Waals surface area contributed by atoms with Crippen molar-refractivity contribution in [2.24, 2.45) is 0 Å². The van der Waals surface area contributed by atoms with Gasteiger partial charge in [-0.2, -0.15) is 0 Å². The van der Waals surface area contributed by atoms with Crippen LogP contribution >= 0.6 is 0 Å². The molecule has 0 unspecified atom stereocenters. The van der Waals surface area contributed by atoms with Crippen molar-refractivity contribution < 1.29 is 4.39 Å². The van der Waals surface area contributed by atoms with Crippen LogP contribution in [0.1, 0.15) is 13.8 Å². The van der Waals surface area contributed by atoms with Gasteiger partial charge in [-0.1, -0.05) is 13.8 Å². The summed E-state index contributed by atoms with van der Waals surface area (Å²) in [4.78, 5) is 23.7. The lowest BCUT2D eigenvalue weighted by Gasteiger charge is -2.18. The molecule has 0 saturated heterocycles. The van der Waals surface area contributed by atoms with E-state index in [4.69, 9.17) is 0 Å². The quantitative estimate of drug-likeness (QED) is 0.728. The summed E-state index contributed by atoms with van der Waals surface area (Å²) in [5.74, 6) is 0. The number of nitrogens with zero attached hydrogens (tertiary/aromatic N) is 1. The maximum Gasteiger partial charge on any atom is 0.248 e. The first-order valence-electron chi connectivity index (χ1n) is 5.33. The molecule has 0 amide bonds. The van der Waals surface area contributed by atoms with Crippen LogP contribution in [0.15, 0.2) is 15.7 Å². The van der Waals surface area contributed by atoms with Gasteiger partial charge in [0.1, 0.15) is 0 Å². The number of nitrogens with one attached hydrogen (secondary N) is 1. The van der Waals surface area contributed by atoms with Crippen molar-refractivity contribution in [2.75, 3.05) is 38.7 Å². The Labute approximate surface area is 94.8 Å². The van der Waals surface area contributed by atoms with E-state index < -0.39 is 5.43 Å². The van der Waals surface area contributed by atoms with E-state index in [1.165, 1.54) is 6.07 Å². The lowest BCUT2D eigenvalue weighted by atomic mass is 10.2. The molecule has 0 aliphatic carbocycles. The molecule has 0 fully saturated rings. The van der Waals surface area contributed by atoms with Gasteiger partial charge in [0.05, 0.1) is 12.9 Å². The Morgan fingerprint density at radius 1 is 1.25 bits per heavy atom. The Balaban J connectivity index is 0.00000106. The molecule has 0 heterocycles. The third kappa shape index (κ3) is 4.10. The molecule has 0 aliphatic heterocycles. The minimum atomic E-state index is -0.393. The first-order valence-corrected chi connectivity index (χ1v) is 5.33. The van der Waals surface area contributed by atoms with Gasteiger partial charge < -0.3 is 10.2 Å². The third-order valence-corrected chi connectivity index (χ3v) is 2.38. The molecule has 1 aromatic carbocycles. The Morgan fingerprint density at radius 2 is 1.81 bits per heavy atom. The van der Waals surface area contributed by atoms with Gasteiger partial charge in [0.25, 0.3) is 0 Å². The van der Waals surface area contributed by atoms with Crippen LogP contribution in [0.25, 0.3) is 0 Å². The van der Waals surface area contributed by atoms with E-state index in [9.17, 15) is 14.0 Å². The predicted molar refractivity (Wildman–Crippen MR) is 64.7 cm³/mol. The Hall–Kier alpha value is -1.23. The molecule has 0 atom stereocenters. The molecule has 1 N–H and O–H groups in total. The molecule has 5 heteroatoms. The minimum absolute atomic E-state index is 0.385. The SMILES string of the molecule is CCN(CC)CCNc1cc(=O)c1=O.CF. The van der Waals surface area contributed by atoms with Crippen LogP contribution < -0.4 is 16.2 Å². The number of hydrogen-bond donors (Lipinski definition) is 1.